The monoisotopic (exact) mass is 393 g/mol. The van der Waals surface area contributed by atoms with E-state index in [0.29, 0.717) is 21.2 Å². The molecule has 138 valence electrons. The van der Waals surface area contributed by atoms with E-state index in [9.17, 15) is 21.6 Å². The van der Waals surface area contributed by atoms with E-state index in [1.54, 1.807) is 41.1 Å². The molecule has 0 fully saturated rings. The van der Waals surface area contributed by atoms with E-state index >= 15 is 0 Å². The molecule has 0 aliphatic heterocycles. The van der Waals surface area contributed by atoms with Crippen molar-refractivity contribution < 1.29 is 26.3 Å². The molecule has 9 heteroatoms. The molecule has 0 aliphatic carbocycles. The molecule has 0 N–H and O–H groups in total. The minimum Gasteiger partial charge on any atom is -0.497 e. The fourth-order valence-electron chi connectivity index (χ4n) is 2.21. The molecular weight excluding hydrogens is 375 g/mol. The molecule has 0 amide bonds. The van der Waals surface area contributed by atoms with Crippen molar-refractivity contribution in [1.82, 2.24) is 4.31 Å². The third-order valence-electron chi connectivity index (χ3n) is 3.50. The first kappa shape index (κ1) is 19.7. The standard InChI is InChI=1S/C16H18F3NO3S2/c1-23-15-4-2-13(3-5-15)7-9-25(21,22)20(12-16(17,18)19)10-14-6-8-24-11-14/h2-6,8,11H,7,9-10,12H2,1H3. The van der Waals surface area contributed by atoms with Crippen LogP contribution in [0.4, 0.5) is 13.2 Å². The summed E-state index contributed by atoms with van der Waals surface area (Å²) < 4.78 is 68.8. The molecule has 25 heavy (non-hydrogen) atoms. The Labute approximate surface area is 148 Å². The van der Waals surface area contributed by atoms with Crippen molar-refractivity contribution >= 4 is 21.4 Å². The molecule has 1 aromatic carbocycles. The third kappa shape index (κ3) is 6.33. The molecule has 0 spiro atoms. The van der Waals surface area contributed by atoms with E-state index in [1.807, 2.05) is 0 Å². The normalized spacial score (nSPS) is 12.5. The van der Waals surface area contributed by atoms with Crippen LogP contribution >= 0.6 is 11.3 Å². The maximum absolute atomic E-state index is 12.8. The Morgan fingerprint density at radius 3 is 2.32 bits per heavy atom. The van der Waals surface area contributed by atoms with Crippen LogP contribution in [-0.4, -0.2) is 38.3 Å². The van der Waals surface area contributed by atoms with E-state index in [0.717, 1.165) is 0 Å². The number of rotatable bonds is 8. The number of hydrogen-bond donors (Lipinski definition) is 0. The van der Waals surface area contributed by atoms with Crippen LogP contribution in [0.15, 0.2) is 41.1 Å². The third-order valence-corrected chi connectivity index (χ3v) is 5.99. The fourth-order valence-corrected chi connectivity index (χ4v) is 4.31. The lowest BCUT2D eigenvalue weighted by atomic mass is 10.2. The zero-order valence-electron chi connectivity index (χ0n) is 13.5. The van der Waals surface area contributed by atoms with Crippen molar-refractivity contribution in [3.8, 4) is 5.75 Å². The average Bonchev–Trinajstić information content (AvgIpc) is 3.05. The van der Waals surface area contributed by atoms with Gasteiger partial charge in [0.05, 0.1) is 12.9 Å². The Morgan fingerprint density at radius 2 is 1.80 bits per heavy atom. The maximum Gasteiger partial charge on any atom is 0.402 e. The van der Waals surface area contributed by atoms with Gasteiger partial charge < -0.3 is 4.74 Å². The van der Waals surface area contributed by atoms with E-state index < -0.39 is 22.7 Å². The molecule has 0 saturated carbocycles. The number of alkyl halides is 3. The Bertz CT molecular complexity index is 757. The van der Waals surface area contributed by atoms with Crippen molar-refractivity contribution in [3.63, 3.8) is 0 Å². The predicted octanol–water partition coefficient (Wildman–Crippen LogP) is 3.69. The molecule has 2 aromatic rings. The molecule has 0 radical (unpaired) electrons. The smallest absolute Gasteiger partial charge is 0.402 e. The van der Waals surface area contributed by atoms with Gasteiger partial charge in [-0.05, 0) is 46.5 Å². The molecular formula is C16H18F3NO3S2. The Balaban J connectivity index is 2.09. The van der Waals surface area contributed by atoms with Gasteiger partial charge in [-0.25, -0.2) is 8.42 Å². The molecule has 1 aromatic heterocycles. The van der Waals surface area contributed by atoms with E-state index in [-0.39, 0.29) is 18.7 Å². The number of methoxy groups -OCH3 is 1. The minimum absolute atomic E-state index is 0.129. The average molecular weight is 393 g/mol. The summed E-state index contributed by atoms with van der Waals surface area (Å²) in [6, 6.07) is 8.37. The Morgan fingerprint density at radius 1 is 1.12 bits per heavy atom. The molecule has 0 aliphatic rings. The Hall–Kier alpha value is -1.58. The topological polar surface area (TPSA) is 46.6 Å². The van der Waals surface area contributed by atoms with Gasteiger partial charge in [0.1, 0.15) is 12.3 Å². The fraction of sp³-hybridized carbons (Fsp3) is 0.375. The highest BCUT2D eigenvalue weighted by Crippen LogP contribution is 2.22. The van der Waals surface area contributed by atoms with Gasteiger partial charge in [-0.3, -0.25) is 0 Å². The highest BCUT2D eigenvalue weighted by molar-refractivity contribution is 7.89. The van der Waals surface area contributed by atoms with E-state index in [2.05, 4.69) is 0 Å². The first-order valence-corrected chi connectivity index (χ1v) is 9.93. The van der Waals surface area contributed by atoms with Crippen LogP contribution in [0.3, 0.4) is 0 Å². The molecule has 0 atom stereocenters. The molecule has 1 heterocycles. The van der Waals surface area contributed by atoms with Gasteiger partial charge in [0.2, 0.25) is 10.0 Å². The summed E-state index contributed by atoms with van der Waals surface area (Å²) in [7, 11) is -2.55. The van der Waals surface area contributed by atoms with Crippen LogP contribution in [0.1, 0.15) is 11.1 Å². The number of nitrogens with zero attached hydrogens (tertiary/aromatic N) is 1. The summed E-state index contributed by atoms with van der Waals surface area (Å²) in [5.41, 5.74) is 1.26. The summed E-state index contributed by atoms with van der Waals surface area (Å²) in [6.45, 7) is -1.78. The quantitative estimate of drug-likeness (QED) is 0.687. The largest absolute Gasteiger partial charge is 0.497 e. The van der Waals surface area contributed by atoms with E-state index in [4.69, 9.17) is 4.74 Å². The van der Waals surface area contributed by atoms with Crippen LogP contribution in [-0.2, 0) is 23.0 Å². The van der Waals surface area contributed by atoms with Gasteiger partial charge >= 0.3 is 6.18 Å². The van der Waals surface area contributed by atoms with Crippen LogP contribution in [0.25, 0.3) is 0 Å². The number of ether oxygens (including phenoxy) is 1. The van der Waals surface area contributed by atoms with Crippen molar-refractivity contribution in [2.75, 3.05) is 19.4 Å². The van der Waals surface area contributed by atoms with Gasteiger partial charge in [0.15, 0.2) is 0 Å². The first-order valence-electron chi connectivity index (χ1n) is 7.38. The number of thiophene rings is 1. The second-order valence-electron chi connectivity index (χ2n) is 5.43. The molecule has 0 unspecified atom stereocenters. The summed E-state index contributed by atoms with van der Waals surface area (Å²) in [5.74, 6) is 0.238. The Kier molecular flexibility index (Phi) is 6.47. The van der Waals surface area contributed by atoms with Crippen molar-refractivity contribution in [2.24, 2.45) is 0 Å². The second-order valence-corrected chi connectivity index (χ2v) is 8.30. The summed E-state index contributed by atoms with van der Waals surface area (Å²) in [5, 5.41) is 3.34. The molecule has 0 bridgehead atoms. The van der Waals surface area contributed by atoms with Crippen molar-refractivity contribution in [3.05, 3.63) is 52.2 Å². The minimum atomic E-state index is -4.59. The van der Waals surface area contributed by atoms with Crippen LogP contribution < -0.4 is 4.74 Å². The van der Waals surface area contributed by atoms with Gasteiger partial charge in [0.25, 0.3) is 0 Å². The van der Waals surface area contributed by atoms with Gasteiger partial charge in [-0.15, -0.1) is 0 Å². The predicted molar refractivity (Wildman–Crippen MR) is 91.3 cm³/mol. The molecule has 0 saturated heterocycles. The number of halogens is 3. The molecule has 4 nitrogen and oxygen atoms in total. The van der Waals surface area contributed by atoms with Gasteiger partial charge in [0, 0.05) is 6.54 Å². The lowest BCUT2D eigenvalue weighted by Gasteiger charge is -2.23. The zero-order valence-corrected chi connectivity index (χ0v) is 15.1. The molecule has 2 rings (SSSR count). The van der Waals surface area contributed by atoms with Crippen LogP contribution in [0.5, 0.6) is 5.75 Å². The SMILES string of the molecule is COc1ccc(CCS(=O)(=O)N(Cc2ccsc2)CC(F)(F)F)cc1. The van der Waals surface area contributed by atoms with Crippen molar-refractivity contribution in [2.45, 2.75) is 19.1 Å². The van der Waals surface area contributed by atoms with Crippen molar-refractivity contribution in [1.29, 1.82) is 0 Å². The number of benzene rings is 1. The number of aryl methyl sites for hydroxylation is 1. The summed E-state index contributed by atoms with van der Waals surface area (Å²) >= 11 is 1.31. The zero-order chi connectivity index (χ0) is 18.5. The lowest BCUT2D eigenvalue weighted by Crippen LogP contribution is -2.40. The number of sulfonamides is 1. The second kappa shape index (κ2) is 8.20. The summed E-state index contributed by atoms with van der Waals surface area (Å²) in [6.07, 6.45) is -4.46. The van der Waals surface area contributed by atoms with Gasteiger partial charge in [-0.2, -0.15) is 28.8 Å². The number of hydrogen-bond acceptors (Lipinski definition) is 4. The highest BCUT2D eigenvalue weighted by Gasteiger charge is 2.36. The highest BCUT2D eigenvalue weighted by atomic mass is 32.2. The first-order chi connectivity index (χ1) is 11.7. The summed E-state index contributed by atoms with van der Waals surface area (Å²) in [4.78, 5) is 0. The van der Waals surface area contributed by atoms with Gasteiger partial charge in [-0.1, -0.05) is 12.1 Å². The van der Waals surface area contributed by atoms with Crippen LogP contribution in [0.2, 0.25) is 0 Å². The van der Waals surface area contributed by atoms with E-state index in [1.165, 1.54) is 18.4 Å². The van der Waals surface area contributed by atoms with Crippen LogP contribution in [0, 0.1) is 0 Å². The lowest BCUT2D eigenvalue weighted by molar-refractivity contribution is -0.136. The maximum atomic E-state index is 12.8.